The zero-order chi connectivity index (χ0) is 19.9. The van der Waals surface area contributed by atoms with Crippen LogP contribution in [0, 0.1) is 0 Å². The molecule has 150 valence electrons. The lowest BCUT2D eigenvalue weighted by Gasteiger charge is -2.29. The summed E-state index contributed by atoms with van der Waals surface area (Å²) in [6.07, 6.45) is 2.40. The minimum absolute atomic E-state index is 0.0431. The van der Waals surface area contributed by atoms with Crippen LogP contribution in [0.5, 0.6) is 0 Å². The quantitative estimate of drug-likeness (QED) is 0.689. The van der Waals surface area contributed by atoms with Gasteiger partial charge in [0.05, 0.1) is 13.7 Å². The zero-order valence-electron chi connectivity index (χ0n) is 16.8. The Morgan fingerprint density at radius 2 is 2.00 bits per heavy atom. The molecule has 1 fully saturated rings. The number of hydrogen-bond donors (Lipinski definition) is 1. The summed E-state index contributed by atoms with van der Waals surface area (Å²) in [6.45, 7) is 7.90. The number of rotatable bonds is 7. The Morgan fingerprint density at radius 3 is 2.46 bits per heavy atom. The van der Waals surface area contributed by atoms with Gasteiger partial charge in [0, 0.05) is 18.6 Å². The highest BCUT2D eigenvalue weighted by atomic mass is 16.6. The van der Waals surface area contributed by atoms with Crippen molar-refractivity contribution < 1.29 is 23.9 Å². The van der Waals surface area contributed by atoms with Crippen LogP contribution in [0.4, 0.5) is 9.59 Å². The molecule has 0 spiro atoms. The van der Waals surface area contributed by atoms with Crippen LogP contribution in [-0.4, -0.2) is 79.2 Å². The van der Waals surface area contributed by atoms with E-state index in [1.165, 1.54) is 12.0 Å². The number of aldehydes is 1. The smallest absolute Gasteiger partial charge is 0.409 e. The molecule has 2 amide bonds. The van der Waals surface area contributed by atoms with Crippen molar-refractivity contribution in [1.29, 1.82) is 0 Å². The lowest BCUT2D eigenvalue weighted by Crippen LogP contribution is -2.48. The van der Waals surface area contributed by atoms with E-state index in [1.54, 1.807) is 20.8 Å². The van der Waals surface area contributed by atoms with E-state index < -0.39 is 23.8 Å². The first-order chi connectivity index (χ1) is 12.1. The predicted octanol–water partition coefficient (Wildman–Crippen LogP) is 2.02. The molecule has 0 aliphatic carbocycles. The van der Waals surface area contributed by atoms with E-state index in [4.69, 9.17) is 9.47 Å². The summed E-state index contributed by atoms with van der Waals surface area (Å²) >= 11 is 0. The van der Waals surface area contributed by atoms with E-state index in [0.717, 1.165) is 19.3 Å². The molecule has 1 aliphatic heterocycles. The van der Waals surface area contributed by atoms with Gasteiger partial charge in [-0.3, -0.25) is 0 Å². The van der Waals surface area contributed by atoms with Gasteiger partial charge in [0.1, 0.15) is 17.9 Å². The highest BCUT2D eigenvalue weighted by molar-refractivity contribution is 5.74. The van der Waals surface area contributed by atoms with Crippen molar-refractivity contribution in [2.24, 2.45) is 0 Å². The first kappa shape index (κ1) is 22.2. The SMILES string of the molecule is COC(=O)N(CCC1CCC(C)N1C)CC(C=O)NC(=O)OC(C)(C)C. The first-order valence-electron chi connectivity index (χ1n) is 9.07. The third kappa shape index (κ3) is 7.19. The van der Waals surface area contributed by atoms with Crippen molar-refractivity contribution >= 4 is 18.5 Å². The van der Waals surface area contributed by atoms with E-state index in [-0.39, 0.29) is 6.54 Å². The van der Waals surface area contributed by atoms with E-state index in [1.807, 2.05) is 0 Å². The molecule has 26 heavy (non-hydrogen) atoms. The number of hydrogen-bond acceptors (Lipinski definition) is 6. The normalized spacial score (nSPS) is 21.8. The molecule has 0 bridgehead atoms. The Kier molecular flexibility index (Phi) is 8.33. The number of ether oxygens (including phenoxy) is 2. The summed E-state index contributed by atoms with van der Waals surface area (Å²) in [4.78, 5) is 39.0. The molecule has 1 aliphatic rings. The van der Waals surface area contributed by atoms with Crippen molar-refractivity contribution in [2.75, 3.05) is 27.2 Å². The average Bonchev–Trinajstić information content (AvgIpc) is 2.86. The lowest BCUT2D eigenvalue weighted by molar-refractivity contribution is -0.110. The Labute approximate surface area is 156 Å². The highest BCUT2D eigenvalue weighted by Gasteiger charge is 2.29. The van der Waals surface area contributed by atoms with Gasteiger partial charge in [-0.05, 0) is 54.0 Å². The molecule has 1 saturated heterocycles. The summed E-state index contributed by atoms with van der Waals surface area (Å²) in [7, 11) is 3.39. The molecule has 1 heterocycles. The van der Waals surface area contributed by atoms with Crippen molar-refractivity contribution in [3.05, 3.63) is 0 Å². The lowest BCUT2D eigenvalue weighted by atomic mass is 10.1. The second-order valence-corrected chi connectivity index (χ2v) is 7.84. The number of nitrogens with zero attached hydrogens (tertiary/aromatic N) is 2. The maximum atomic E-state index is 12.1. The van der Waals surface area contributed by atoms with Gasteiger partial charge in [-0.15, -0.1) is 0 Å². The first-order valence-corrected chi connectivity index (χ1v) is 9.07. The minimum Gasteiger partial charge on any atom is -0.453 e. The van der Waals surface area contributed by atoms with Gasteiger partial charge in [0.25, 0.3) is 0 Å². The van der Waals surface area contributed by atoms with Gasteiger partial charge in [-0.1, -0.05) is 0 Å². The molecule has 0 aromatic rings. The van der Waals surface area contributed by atoms with Crippen LogP contribution in [0.3, 0.4) is 0 Å². The minimum atomic E-state index is -0.857. The maximum Gasteiger partial charge on any atom is 0.409 e. The summed E-state index contributed by atoms with van der Waals surface area (Å²) in [5.41, 5.74) is -0.663. The molecule has 8 heteroatoms. The van der Waals surface area contributed by atoms with Crippen LogP contribution in [0.15, 0.2) is 0 Å². The van der Waals surface area contributed by atoms with Crippen LogP contribution < -0.4 is 5.32 Å². The number of nitrogens with one attached hydrogen (secondary N) is 1. The molecular formula is C18H33N3O5. The summed E-state index contributed by atoms with van der Waals surface area (Å²) < 4.78 is 9.98. The van der Waals surface area contributed by atoms with Crippen molar-refractivity contribution in [3.8, 4) is 0 Å². The monoisotopic (exact) mass is 371 g/mol. The molecule has 0 radical (unpaired) electrons. The number of methoxy groups -OCH3 is 1. The van der Waals surface area contributed by atoms with Gasteiger partial charge in [-0.25, -0.2) is 9.59 Å². The van der Waals surface area contributed by atoms with Gasteiger partial charge in [-0.2, -0.15) is 0 Å². The van der Waals surface area contributed by atoms with Gasteiger partial charge in [0.2, 0.25) is 0 Å². The van der Waals surface area contributed by atoms with Crippen LogP contribution in [-0.2, 0) is 14.3 Å². The van der Waals surface area contributed by atoms with E-state index >= 15 is 0 Å². The summed E-state index contributed by atoms with van der Waals surface area (Å²) in [5, 5.41) is 2.49. The fourth-order valence-electron chi connectivity index (χ4n) is 3.06. The Bertz CT molecular complexity index is 492. The molecule has 8 nitrogen and oxygen atoms in total. The second-order valence-electron chi connectivity index (χ2n) is 7.84. The summed E-state index contributed by atoms with van der Waals surface area (Å²) in [6, 6.07) is 0.0676. The fourth-order valence-corrected chi connectivity index (χ4v) is 3.06. The molecule has 1 N–H and O–H groups in total. The van der Waals surface area contributed by atoms with Crippen molar-refractivity contribution in [3.63, 3.8) is 0 Å². The molecular weight excluding hydrogens is 338 g/mol. The van der Waals surface area contributed by atoms with Crippen LogP contribution >= 0.6 is 0 Å². The van der Waals surface area contributed by atoms with Crippen molar-refractivity contribution in [2.45, 2.75) is 70.7 Å². The number of amides is 2. The second kappa shape index (κ2) is 9.75. The van der Waals surface area contributed by atoms with Crippen LogP contribution in [0.1, 0.15) is 47.0 Å². The molecule has 3 atom stereocenters. The molecule has 3 unspecified atom stereocenters. The molecule has 0 aromatic heterocycles. The Morgan fingerprint density at radius 1 is 1.35 bits per heavy atom. The number of carbonyl (C=O) groups is 3. The molecule has 1 rings (SSSR count). The van der Waals surface area contributed by atoms with Gasteiger partial charge in [0.15, 0.2) is 0 Å². The number of likely N-dealkylation sites (tertiary alicyclic amines) is 1. The maximum absolute atomic E-state index is 12.1. The van der Waals surface area contributed by atoms with Gasteiger partial charge < -0.3 is 29.4 Å². The zero-order valence-corrected chi connectivity index (χ0v) is 16.8. The van der Waals surface area contributed by atoms with Crippen LogP contribution in [0.25, 0.3) is 0 Å². The Balaban J connectivity index is 2.62. The van der Waals surface area contributed by atoms with E-state index in [9.17, 15) is 14.4 Å². The average molecular weight is 371 g/mol. The van der Waals surface area contributed by atoms with Crippen molar-refractivity contribution in [1.82, 2.24) is 15.1 Å². The number of carbonyl (C=O) groups excluding carboxylic acids is 3. The molecule has 0 saturated carbocycles. The van der Waals surface area contributed by atoms with Gasteiger partial charge >= 0.3 is 12.2 Å². The van der Waals surface area contributed by atoms with E-state index in [2.05, 4.69) is 24.2 Å². The third-order valence-electron chi connectivity index (χ3n) is 4.64. The molecule has 0 aromatic carbocycles. The van der Waals surface area contributed by atoms with Crippen LogP contribution in [0.2, 0.25) is 0 Å². The largest absolute Gasteiger partial charge is 0.453 e. The predicted molar refractivity (Wildman–Crippen MR) is 98.1 cm³/mol. The van der Waals surface area contributed by atoms with E-state index in [0.29, 0.717) is 24.9 Å². The number of alkyl carbamates (subject to hydrolysis) is 1. The Hall–Kier alpha value is -1.83. The fraction of sp³-hybridized carbons (Fsp3) is 0.833. The standard InChI is InChI=1S/C18H33N3O5/c1-13-7-8-15(20(13)5)9-10-21(17(24)25-6)11-14(12-22)19-16(23)26-18(2,3)4/h12-15H,7-11H2,1-6H3,(H,19,23). The highest BCUT2D eigenvalue weighted by Crippen LogP contribution is 2.24. The topological polar surface area (TPSA) is 88.2 Å². The third-order valence-corrected chi connectivity index (χ3v) is 4.64. The summed E-state index contributed by atoms with van der Waals surface area (Å²) in [5.74, 6) is 0.